The Labute approximate surface area is 196 Å². The average molecular weight is 467 g/mol. The highest BCUT2D eigenvalue weighted by Gasteiger charge is 2.36. The molecule has 0 saturated carbocycles. The Kier molecular flexibility index (Phi) is 6.49. The summed E-state index contributed by atoms with van der Waals surface area (Å²) in [5.74, 6) is -0.217. The van der Waals surface area contributed by atoms with Crippen LogP contribution in [-0.4, -0.2) is 16.9 Å². The van der Waals surface area contributed by atoms with Crippen molar-refractivity contribution in [2.75, 3.05) is 0 Å². The van der Waals surface area contributed by atoms with Gasteiger partial charge in [-0.05, 0) is 35.3 Å². The van der Waals surface area contributed by atoms with Crippen molar-refractivity contribution in [2.45, 2.75) is 51.8 Å². The fraction of sp³-hybridized carbons (Fsp3) is 0.308. The maximum Gasteiger partial charge on any atom is 0.418 e. The molecule has 2 aliphatic carbocycles. The van der Waals surface area contributed by atoms with E-state index in [1.165, 1.54) is 0 Å². The lowest BCUT2D eigenvalue weighted by molar-refractivity contribution is -0.180. The third-order valence-electron chi connectivity index (χ3n) is 5.65. The predicted molar refractivity (Wildman–Crippen MR) is 121 cm³/mol. The lowest BCUT2D eigenvalue weighted by Gasteiger charge is -2.33. The highest BCUT2D eigenvalue weighted by molar-refractivity contribution is 5.55. The van der Waals surface area contributed by atoms with E-state index in [1.54, 1.807) is 56.6 Å². The summed E-state index contributed by atoms with van der Waals surface area (Å²) in [5.41, 5.74) is 2.38. The normalized spacial score (nSPS) is 19.6. The lowest BCUT2D eigenvalue weighted by atomic mass is 10.0. The minimum Gasteiger partial charge on any atom is -0.461 e. The van der Waals surface area contributed by atoms with Gasteiger partial charge in [0.05, 0.1) is 24.4 Å². The van der Waals surface area contributed by atoms with Crippen LogP contribution in [0.1, 0.15) is 37.8 Å². The van der Waals surface area contributed by atoms with E-state index in [9.17, 15) is 13.2 Å². The molecule has 0 spiro atoms. The van der Waals surface area contributed by atoms with Crippen molar-refractivity contribution in [1.82, 2.24) is 10.3 Å². The van der Waals surface area contributed by atoms with Crippen molar-refractivity contribution < 1.29 is 22.6 Å². The van der Waals surface area contributed by atoms with Crippen molar-refractivity contribution in [3.05, 3.63) is 94.0 Å². The number of pyridine rings is 1. The van der Waals surface area contributed by atoms with E-state index in [1.807, 2.05) is 6.08 Å². The first-order chi connectivity index (χ1) is 16.2. The number of nitriles is 1. The van der Waals surface area contributed by atoms with Gasteiger partial charge in [0.25, 0.3) is 0 Å². The van der Waals surface area contributed by atoms with Gasteiger partial charge in [-0.15, -0.1) is 0 Å². The summed E-state index contributed by atoms with van der Waals surface area (Å²) in [6, 6.07) is 2.06. The molecule has 0 bridgehead atoms. The lowest BCUT2D eigenvalue weighted by Crippen LogP contribution is -2.36. The largest absolute Gasteiger partial charge is 0.461 e. The summed E-state index contributed by atoms with van der Waals surface area (Å²) in [6.07, 6.45) is 10.6. The summed E-state index contributed by atoms with van der Waals surface area (Å²) in [7, 11) is 0. The van der Waals surface area contributed by atoms with Gasteiger partial charge in [0.15, 0.2) is 0 Å². The van der Waals surface area contributed by atoms with Gasteiger partial charge in [-0.2, -0.15) is 18.4 Å². The Hall–Kier alpha value is -3.57. The SMILES string of the molecule is CC1(C)OCc2c(CNC3=C(C(F)(F)F)C=C(C4=CCC=C(C#N)C=C4)C=CC3)cncc2O1. The van der Waals surface area contributed by atoms with Crippen LogP contribution >= 0.6 is 0 Å². The van der Waals surface area contributed by atoms with Crippen molar-refractivity contribution in [1.29, 1.82) is 5.26 Å². The number of rotatable bonds is 4. The molecule has 0 amide bonds. The number of nitrogens with zero attached hydrogens (tertiary/aromatic N) is 2. The second kappa shape index (κ2) is 9.35. The molecule has 1 aromatic heterocycles. The van der Waals surface area contributed by atoms with Crippen LogP contribution in [0.15, 0.2) is 82.9 Å². The molecule has 1 aliphatic heterocycles. The van der Waals surface area contributed by atoms with Gasteiger partial charge in [-0.1, -0.05) is 30.4 Å². The highest BCUT2D eigenvalue weighted by Crippen LogP contribution is 2.36. The molecular weight excluding hydrogens is 443 g/mol. The first-order valence-corrected chi connectivity index (χ1v) is 10.9. The third kappa shape index (κ3) is 5.32. The van der Waals surface area contributed by atoms with Crippen molar-refractivity contribution in [2.24, 2.45) is 0 Å². The van der Waals surface area contributed by atoms with E-state index in [4.69, 9.17) is 14.7 Å². The molecule has 4 rings (SSSR count). The maximum atomic E-state index is 14.1. The Morgan fingerprint density at radius 3 is 2.74 bits per heavy atom. The Balaban J connectivity index is 1.62. The number of allylic oxidation sites excluding steroid dienone is 11. The van der Waals surface area contributed by atoms with Gasteiger partial charge in [0.2, 0.25) is 5.79 Å². The van der Waals surface area contributed by atoms with Gasteiger partial charge in [-0.25, -0.2) is 0 Å². The van der Waals surface area contributed by atoms with Gasteiger partial charge in [-0.3, -0.25) is 4.98 Å². The topological polar surface area (TPSA) is 67.2 Å². The van der Waals surface area contributed by atoms with Crippen LogP contribution in [-0.2, 0) is 17.9 Å². The van der Waals surface area contributed by atoms with Crippen LogP contribution in [0.4, 0.5) is 13.2 Å². The summed E-state index contributed by atoms with van der Waals surface area (Å²) in [4.78, 5) is 4.18. The molecule has 1 N–H and O–H groups in total. The molecule has 8 heteroatoms. The van der Waals surface area contributed by atoms with Gasteiger partial charge in [0.1, 0.15) is 5.75 Å². The molecule has 1 aromatic rings. The first kappa shape index (κ1) is 23.6. The number of halogens is 3. The van der Waals surface area contributed by atoms with Crippen LogP contribution < -0.4 is 10.1 Å². The number of ether oxygens (including phenoxy) is 2. The van der Waals surface area contributed by atoms with Crippen molar-refractivity contribution >= 4 is 0 Å². The Morgan fingerprint density at radius 1 is 1.15 bits per heavy atom. The molecule has 5 nitrogen and oxygen atoms in total. The van der Waals surface area contributed by atoms with Gasteiger partial charge in [0, 0.05) is 49.8 Å². The zero-order chi connectivity index (χ0) is 24.3. The van der Waals surface area contributed by atoms with E-state index in [0.717, 1.165) is 11.6 Å². The summed E-state index contributed by atoms with van der Waals surface area (Å²) in [6.45, 7) is 4.02. The molecule has 0 radical (unpaired) electrons. The van der Waals surface area contributed by atoms with E-state index in [-0.39, 0.29) is 25.3 Å². The number of fused-ring (bicyclic) bond motifs is 1. The molecule has 2 heterocycles. The van der Waals surface area contributed by atoms with E-state index >= 15 is 0 Å². The van der Waals surface area contributed by atoms with Crippen molar-refractivity contribution in [3.8, 4) is 11.8 Å². The van der Waals surface area contributed by atoms with Crippen molar-refractivity contribution in [3.63, 3.8) is 0 Å². The summed E-state index contributed by atoms with van der Waals surface area (Å²) < 4.78 is 53.7. The first-order valence-electron chi connectivity index (χ1n) is 10.9. The third-order valence-corrected chi connectivity index (χ3v) is 5.65. The molecule has 3 aliphatic rings. The highest BCUT2D eigenvalue weighted by atomic mass is 19.4. The predicted octanol–water partition coefficient (Wildman–Crippen LogP) is 5.86. The number of aromatic nitrogens is 1. The van der Waals surface area contributed by atoms with Crippen LogP contribution in [0.5, 0.6) is 5.75 Å². The van der Waals surface area contributed by atoms with E-state index < -0.39 is 17.5 Å². The van der Waals surface area contributed by atoms with Gasteiger partial charge >= 0.3 is 6.18 Å². The molecule has 34 heavy (non-hydrogen) atoms. The monoisotopic (exact) mass is 467 g/mol. The number of alkyl halides is 3. The smallest absolute Gasteiger partial charge is 0.418 e. The molecule has 0 atom stereocenters. The van der Waals surface area contributed by atoms with E-state index in [2.05, 4.69) is 16.4 Å². The quantitative estimate of drug-likeness (QED) is 0.601. The molecule has 0 aromatic carbocycles. The van der Waals surface area contributed by atoms with Crippen LogP contribution in [0.25, 0.3) is 0 Å². The van der Waals surface area contributed by atoms with Crippen LogP contribution in [0.2, 0.25) is 0 Å². The average Bonchev–Trinajstić information content (AvgIpc) is 3.15. The summed E-state index contributed by atoms with van der Waals surface area (Å²) in [5, 5.41) is 12.1. The zero-order valence-corrected chi connectivity index (χ0v) is 18.9. The Morgan fingerprint density at radius 2 is 1.97 bits per heavy atom. The number of hydrogen-bond donors (Lipinski definition) is 1. The van der Waals surface area contributed by atoms with Crippen LogP contribution in [0.3, 0.4) is 0 Å². The molecular formula is C26H24F3N3O2. The molecule has 0 saturated heterocycles. The van der Waals surface area contributed by atoms with Crippen LogP contribution in [0, 0.1) is 11.3 Å². The molecule has 0 fully saturated rings. The maximum absolute atomic E-state index is 14.1. The second-order valence-corrected chi connectivity index (χ2v) is 8.52. The molecule has 0 unspecified atom stereocenters. The number of hydrogen-bond acceptors (Lipinski definition) is 5. The van der Waals surface area contributed by atoms with E-state index in [0.29, 0.717) is 34.5 Å². The minimum atomic E-state index is -4.55. The fourth-order valence-corrected chi connectivity index (χ4v) is 3.89. The number of nitrogens with one attached hydrogen (secondary N) is 1. The zero-order valence-electron chi connectivity index (χ0n) is 18.9. The van der Waals surface area contributed by atoms with Gasteiger partial charge < -0.3 is 14.8 Å². The second-order valence-electron chi connectivity index (χ2n) is 8.52. The minimum absolute atomic E-state index is 0.0726. The standard InChI is InChI=1S/C26H24F3N3O2/c1-25(2)33-16-21-20(13-31-15-24(21)34-25)14-32-23-8-4-7-19(11-22(23)26(27,28)29)18-6-3-5-17(12-30)9-10-18/h4-7,9-11,13,15,32H,3,8,14,16H2,1-2H3. The molecule has 176 valence electrons. The summed E-state index contributed by atoms with van der Waals surface area (Å²) >= 11 is 0. The Bertz CT molecular complexity index is 1210. The fourth-order valence-electron chi connectivity index (χ4n) is 3.89.